The van der Waals surface area contributed by atoms with E-state index in [-0.39, 0.29) is 0 Å². The van der Waals surface area contributed by atoms with Crippen molar-refractivity contribution in [2.75, 3.05) is 32.8 Å². The summed E-state index contributed by atoms with van der Waals surface area (Å²) >= 11 is 0. The molecule has 2 unspecified atom stereocenters. The SMILES string of the molecule is CCCCOCCN1CC(C2CCCCC2)NCC1CC. The molecule has 2 atom stereocenters. The molecule has 1 N–H and O–H groups in total. The first kappa shape index (κ1) is 17.2. The van der Waals surface area contributed by atoms with Crippen LogP contribution in [0.1, 0.15) is 65.2 Å². The standard InChI is InChI=1S/C18H36N2O/c1-3-5-12-21-13-11-20-15-18(19-14-17(20)4-2)16-9-7-6-8-10-16/h16-19H,3-15H2,1-2H3. The first-order valence-electron chi connectivity index (χ1n) is 9.40. The third-order valence-corrected chi connectivity index (χ3v) is 5.42. The highest BCUT2D eigenvalue weighted by Gasteiger charge is 2.31. The number of ether oxygens (including phenoxy) is 1. The van der Waals surface area contributed by atoms with Crippen molar-refractivity contribution in [3.8, 4) is 0 Å². The molecule has 2 rings (SSSR count). The molecule has 0 bridgehead atoms. The monoisotopic (exact) mass is 296 g/mol. The summed E-state index contributed by atoms with van der Waals surface area (Å²) < 4.78 is 5.79. The van der Waals surface area contributed by atoms with Crippen molar-refractivity contribution in [1.29, 1.82) is 0 Å². The van der Waals surface area contributed by atoms with Crippen LogP contribution in [0.5, 0.6) is 0 Å². The minimum absolute atomic E-state index is 0.708. The Labute approximate surface area is 131 Å². The van der Waals surface area contributed by atoms with Crippen LogP contribution in [0.2, 0.25) is 0 Å². The normalized spacial score (nSPS) is 28.9. The molecule has 1 heterocycles. The Hall–Kier alpha value is -0.120. The molecule has 0 amide bonds. The average Bonchev–Trinajstić information content (AvgIpc) is 2.55. The van der Waals surface area contributed by atoms with Crippen molar-refractivity contribution in [3.63, 3.8) is 0 Å². The second-order valence-electron chi connectivity index (χ2n) is 6.94. The van der Waals surface area contributed by atoms with Gasteiger partial charge in [0.15, 0.2) is 0 Å². The lowest BCUT2D eigenvalue weighted by atomic mass is 9.82. The number of unbranched alkanes of at least 4 members (excludes halogenated alkanes) is 1. The van der Waals surface area contributed by atoms with E-state index in [0.717, 1.165) is 31.7 Å². The minimum atomic E-state index is 0.708. The molecular formula is C18H36N2O. The molecule has 3 nitrogen and oxygen atoms in total. The smallest absolute Gasteiger partial charge is 0.0593 e. The molecule has 1 saturated carbocycles. The van der Waals surface area contributed by atoms with Crippen molar-refractivity contribution in [2.45, 2.75) is 77.3 Å². The molecule has 2 aliphatic rings. The molecule has 2 fully saturated rings. The molecule has 1 saturated heterocycles. The van der Waals surface area contributed by atoms with Gasteiger partial charge in [-0.15, -0.1) is 0 Å². The van der Waals surface area contributed by atoms with Crippen LogP contribution in [0.4, 0.5) is 0 Å². The Morgan fingerprint density at radius 1 is 1.10 bits per heavy atom. The molecule has 124 valence electrons. The van der Waals surface area contributed by atoms with Crippen LogP contribution in [0, 0.1) is 5.92 Å². The van der Waals surface area contributed by atoms with E-state index in [2.05, 4.69) is 24.1 Å². The third kappa shape index (κ3) is 5.54. The predicted octanol–water partition coefficient (Wildman–Crippen LogP) is 3.44. The van der Waals surface area contributed by atoms with Crippen molar-refractivity contribution in [1.82, 2.24) is 10.2 Å². The lowest BCUT2D eigenvalue weighted by Crippen LogP contribution is -2.59. The van der Waals surface area contributed by atoms with Crippen molar-refractivity contribution < 1.29 is 4.74 Å². The fourth-order valence-corrected chi connectivity index (χ4v) is 3.94. The van der Waals surface area contributed by atoms with Crippen LogP contribution in [0.3, 0.4) is 0 Å². The summed E-state index contributed by atoms with van der Waals surface area (Å²) in [6, 6.07) is 1.43. The minimum Gasteiger partial charge on any atom is -0.380 e. The fourth-order valence-electron chi connectivity index (χ4n) is 3.94. The van der Waals surface area contributed by atoms with Crippen LogP contribution < -0.4 is 5.32 Å². The molecule has 1 aliphatic heterocycles. The summed E-state index contributed by atoms with van der Waals surface area (Å²) in [4.78, 5) is 2.70. The number of rotatable bonds is 8. The van der Waals surface area contributed by atoms with Gasteiger partial charge in [0.05, 0.1) is 6.61 Å². The molecular weight excluding hydrogens is 260 g/mol. The van der Waals surface area contributed by atoms with E-state index in [1.807, 2.05) is 0 Å². The third-order valence-electron chi connectivity index (χ3n) is 5.42. The van der Waals surface area contributed by atoms with Crippen molar-refractivity contribution in [3.05, 3.63) is 0 Å². The molecule has 0 aromatic heterocycles. The van der Waals surface area contributed by atoms with Crippen molar-refractivity contribution in [2.24, 2.45) is 5.92 Å². The van der Waals surface area contributed by atoms with Gasteiger partial charge in [-0.05, 0) is 31.6 Å². The molecule has 0 radical (unpaired) electrons. The van der Waals surface area contributed by atoms with Crippen LogP contribution in [0.15, 0.2) is 0 Å². The zero-order chi connectivity index (χ0) is 14.9. The number of hydrogen-bond donors (Lipinski definition) is 1. The Morgan fingerprint density at radius 3 is 2.62 bits per heavy atom. The molecule has 3 heteroatoms. The van der Waals surface area contributed by atoms with E-state index in [1.54, 1.807) is 0 Å². The average molecular weight is 296 g/mol. The van der Waals surface area contributed by atoms with E-state index in [1.165, 1.54) is 64.5 Å². The maximum Gasteiger partial charge on any atom is 0.0593 e. The van der Waals surface area contributed by atoms with Gasteiger partial charge in [-0.3, -0.25) is 4.90 Å². The molecule has 0 spiro atoms. The van der Waals surface area contributed by atoms with Gasteiger partial charge in [0.2, 0.25) is 0 Å². The van der Waals surface area contributed by atoms with E-state index >= 15 is 0 Å². The number of nitrogens with one attached hydrogen (secondary N) is 1. The quantitative estimate of drug-likeness (QED) is 0.695. The summed E-state index contributed by atoms with van der Waals surface area (Å²) in [6.45, 7) is 9.92. The molecule has 0 aromatic rings. The molecule has 1 aliphatic carbocycles. The van der Waals surface area contributed by atoms with Gasteiger partial charge >= 0.3 is 0 Å². The van der Waals surface area contributed by atoms with Gasteiger partial charge in [-0.2, -0.15) is 0 Å². The van der Waals surface area contributed by atoms with Gasteiger partial charge in [0, 0.05) is 38.3 Å². The van der Waals surface area contributed by atoms with E-state index in [4.69, 9.17) is 4.74 Å². The maximum atomic E-state index is 5.79. The van der Waals surface area contributed by atoms with E-state index in [0.29, 0.717) is 6.04 Å². The first-order valence-corrected chi connectivity index (χ1v) is 9.40. The second-order valence-corrected chi connectivity index (χ2v) is 6.94. The highest BCUT2D eigenvalue weighted by Crippen LogP contribution is 2.28. The Bertz CT molecular complexity index is 266. The summed E-state index contributed by atoms with van der Waals surface area (Å²) in [5.74, 6) is 0.917. The Kier molecular flexibility index (Phi) is 8.05. The highest BCUT2D eigenvalue weighted by molar-refractivity contribution is 4.90. The number of piperazine rings is 1. The Morgan fingerprint density at radius 2 is 1.90 bits per heavy atom. The summed E-state index contributed by atoms with van der Waals surface area (Å²) in [5, 5.41) is 3.85. The summed E-state index contributed by atoms with van der Waals surface area (Å²) in [7, 11) is 0. The van der Waals surface area contributed by atoms with Gasteiger partial charge < -0.3 is 10.1 Å². The highest BCUT2D eigenvalue weighted by atomic mass is 16.5. The van der Waals surface area contributed by atoms with Gasteiger partial charge in [-0.1, -0.05) is 39.5 Å². The zero-order valence-corrected chi connectivity index (χ0v) is 14.3. The van der Waals surface area contributed by atoms with Crippen LogP contribution in [0.25, 0.3) is 0 Å². The lowest BCUT2D eigenvalue weighted by molar-refractivity contribution is 0.0500. The maximum absolute atomic E-state index is 5.79. The van der Waals surface area contributed by atoms with E-state index in [9.17, 15) is 0 Å². The van der Waals surface area contributed by atoms with Crippen LogP contribution in [-0.4, -0.2) is 49.8 Å². The van der Waals surface area contributed by atoms with Gasteiger partial charge in [0.1, 0.15) is 0 Å². The molecule has 0 aromatic carbocycles. The summed E-state index contributed by atoms with van der Waals surface area (Å²) in [5.41, 5.74) is 0. The lowest BCUT2D eigenvalue weighted by Gasteiger charge is -2.43. The summed E-state index contributed by atoms with van der Waals surface area (Å²) in [6.07, 6.45) is 10.9. The van der Waals surface area contributed by atoms with Crippen LogP contribution >= 0.6 is 0 Å². The molecule has 21 heavy (non-hydrogen) atoms. The van der Waals surface area contributed by atoms with Gasteiger partial charge in [0.25, 0.3) is 0 Å². The zero-order valence-electron chi connectivity index (χ0n) is 14.3. The van der Waals surface area contributed by atoms with Gasteiger partial charge in [-0.25, -0.2) is 0 Å². The fraction of sp³-hybridized carbons (Fsp3) is 1.00. The number of hydrogen-bond acceptors (Lipinski definition) is 3. The number of nitrogens with zero attached hydrogens (tertiary/aromatic N) is 1. The first-order chi connectivity index (χ1) is 10.3. The Balaban J connectivity index is 1.75. The topological polar surface area (TPSA) is 24.5 Å². The van der Waals surface area contributed by atoms with E-state index < -0.39 is 0 Å². The van der Waals surface area contributed by atoms with Crippen LogP contribution in [-0.2, 0) is 4.74 Å². The van der Waals surface area contributed by atoms with Crippen molar-refractivity contribution >= 4 is 0 Å². The second kappa shape index (κ2) is 9.81. The largest absolute Gasteiger partial charge is 0.380 e. The predicted molar refractivity (Wildman–Crippen MR) is 89.7 cm³/mol.